The van der Waals surface area contributed by atoms with E-state index in [0.29, 0.717) is 24.3 Å². The number of Topliss-reactive ketones (excluding diaryl/α,β-unsaturated/α-hetero) is 1. The van der Waals surface area contributed by atoms with E-state index in [1.807, 2.05) is 6.92 Å². The zero-order valence-electron chi connectivity index (χ0n) is 12.0. The molecule has 0 unspecified atom stereocenters. The molecule has 1 rings (SSSR count). The minimum atomic E-state index is 0.0372. The van der Waals surface area contributed by atoms with Gasteiger partial charge in [-0.05, 0) is 36.6 Å². The summed E-state index contributed by atoms with van der Waals surface area (Å²) in [5.74, 6) is 0.789. The predicted octanol–water partition coefficient (Wildman–Crippen LogP) is 4.04. The number of hydrogen-bond acceptors (Lipinski definition) is 2. The first kappa shape index (κ1) is 15.4. The van der Waals surface area contributed by atoms with Crippen molar-refractivity contribution in [3.63, 3.8) is 0 Å². The zero-order chi connectivity index (χ0) is 14.3. The van der Waals surface area contributed by atoms with E-state index in [2.05, 4.69) is 19.2 Å². The maximum Gasteiger partial charge on any atom is 0.224 e. The van der Waals surface area contributed by atoms with Crippen molar-refractivity contribution in [2.45, 2.75) is 46.5 Å². The van der Waals surface area contributed by atoms with E-state index in [9.17, 15) is 9.59 Å². The number of carbonyl (C=O) groups excluding carboxylic acids is 2. The molecule has 1 aromatic carbocycles. The first-order valence-corrected chi connectivity index (χ1v) is 6.96. The molecule has 0 atom stereocenters. The van der Waals surface area contributed by atoms with Crippen LogP contribution in [0.4, 0.5) is 5.69 Å². The van der Waals surface area contributed by atoms with Crippen molar-refractivity contribution < 1.29 is 9.59 Å². The van der Waals surface area contributed by atoms with Gasteiger partial charge in [-0.1, -0.05) is 27.2 Å². The Balaban J connectivity index is 2.44. The van der Waals surface area contributed by atoms with Crippen LogP contribution >= 0.6 is 0 Å². The van der Waals surface area contributed by atoms with Crippen LogP contribution < -0.4 is 5.32 Å². The predicted molar refractivity (Wildman–Crippen MR) is 78.4 cm³/mol. The minimum absolute atomic E-state index is 0.0372. The number of ketones is 1. The Morgan fingerprint density at radius 1 is 1.16 bits per heavy atom. The highest BCUT2D eigenvalue weighted by Crippen LogP contribution is 2.12. The maximum absolute atomic E-state index is 11.7. The summed E-state index contributed by atoms with van der Waals surface area (Å²) in [7, 11) is 0. The number of rotatable bonds is 7. The van der Waals surface area contributed by atoms with Gasteiger partial charge in [0.2, 0.25) is 5.91 Å². The van der Waals surface area contributed by atoms with Gasteiger partial charge in [-0.15, -0.1) is 0 Å². The van der Waals surface area contributed by atoms with E-state index in [0.717, 1.165) is 18.5 Å². The Bertz CT molecular complexity index is 421. The van der Waals surface area contributed by atoms with Gasteiger partial charge in [-0.25, -0.2) is 0 Å². The highest BCUT2D eigenvalue weighted by atomic mass is 16.1. The third kappa shape index (κ3) is 5.69. The van der Waals surface area contributed by atoms with Gasteiger partial charge in [0, 0.05) is 24.1 Å². The van der Waals surface area contributed by atoms with Gasteiger partial charge in [0.15, 0.2) is 5.78 Å². The Morgan fingerprint density at radius 3 is 2.32 bits per heavy atom. The van der Waals surface area contributed by atoms with E-state index in [4.69, 9.17) is 0 Å². The van der Waals surface area contributed by atoms with Crippen molar-refractivity contribution in [1.82, 2.24) is 0 Å². The number of nitrogens with one attached hydrogen (secondary N) is 1. The van der Waals surface area contributed by atoms with Crippen molar-refractivity contribution >= 4 is 17.4 Å². The largest absolute Gasteiger partial charge is 0.326 e. The van der Waals surface area contributed by atoms with Crippen LogP contribution in [0.1, 0.15) is 56.8 Å². The Hall–Kier alpha value is -1.64. The lowest BCUT2D eigenvalue weighted by Crippen LogP contribution is -2.11. The molecular weight excluding hydrogens is 238 g/mol. The van der Waals surface area contributed by atoms with Gasteiger partial charge >= 0.3 is 0 Å². The molecular formula is C16H23NO2. The van der Waals surface area contributed by atoms with Crippen LogP contribution in [-0.2, 0) is 4.79 Å². The first-order valence-electron chi connectivity index (χ1n) is 6.96. The number of amides is 1. The van der Waals surface area contributed by atoms with Gasteiger partial charge in [-0.2, -0.15) is 0 Å². The summed E-state index contributed by atoms with van der Waals surface area (Å²) in [6, 6.07) is 7.08. The zero-order valence-corrected chi connectivity index (χ0v) is 12.0. The lowest BCUT2D eigenvalue weighted by Gasteiger charge is -2.07. The quantitative estimate of drug-likeness (QED) is 0.753. The fourth-order valence-electron chi connectivity index (χ4n) is 1.84. The molecule has 19 heavy (non-hydrogen) atoms. The smallest absolute Gasteiger partial charge is 0.224 e. The van der Waals surface area contributed by atoms with Crippen LogP contribution in [0.2, 0.25) is 0 Å². The first-order chi connectivity index (χ1) is 9.02. The fourth-order valence-corrected chi connectivity index (χ4v) is 1.84. The van der Waals surface area contributed by atoms with Crippen molar-refractivity contribution in [3.8, 4) is 0 Å². The molecule has 0 aromatic heterocycles. The second-order valence-corrected chi connectivity index (χ2v) is 5.19. The minimum Gasteiger partial charge on any atom is -0.326 e. The second-order valence-electron chi connectivity index (χ2n) is 5.19. The Morgan fingerprint density at radius 2 is 1.79 bits per heavy atom. The number of anilines is 1. The Labute approximate surface area is 115 Å². The summed E-state index contributed by atoms with van der Waals surface area (Å²) >= 11 is 0. The standard InChI is InChI=1S/C16H23NO2/c1-4-15(18)13-8-10-14(11-9-13)17-16(19)7-5-6-12(2)3/h8-12H,4-7H2,1-3H3,(H,17,19). The third-order valence-electron chi connectivity index (χ3n) is 3.00. The normalized spacial score (nSPS) is 10.5. The van der Waals surface area contributed by atoms with E-state index < -0.39 is 0 Å². The number of hydrogen-bond donors (Lipinski definition) is 1. The van der Waals surface area contributed by atoms with Crippen LogP contribution in [-0.4, -0.2) is 11.7 Å². The van der Waals surface area contributed by atoms with Gasteiger partial charge in [0.05, 0.1) is 0 Å². The molecule has 1 aromatic rings. The molecule has 0 aliphatic heterocycles. The van der Waals surface area contributed by atoms with E-state index in [-0.39, 0.29) is 11.7 Å². The van der Waals surface area contributed by atoms with Crippen LogP contribution in [0.15, 0.2) is 24.3 Å². The molecule has 0 aliphatic rings. The molecule has 0 radical (unpaired) electrons. The lowest BCUT2D eigenvalue weighted by molar-refractivity contribution is -0.116. The molecule has 0 spiro atoms. The van der Waals surface area contributed by atoms with Crippen molar-refractivity contribution in [3.05, 3.63) is 29.8 Å². The fraction of sp³-hybridized carbons (Fsp3) is 0.500. The molecule has 1 amide bonds. The van der Waals surface area contributed by atoms with Gasteiger partial charge in [0.1, 0.15) is 0 Å². The van der Waals surface area contributed by atoms with Gasteiger partial charge < -0.3 is 5.32 Å². The maximum atomic E-state index is 11.7. The summed E-state index contributed by atoms with van der Waals surface area (Å²) in [4.78, 5) is 23.2. The van der Waals surface area contributed by atoms with Gasteiger partial charge in [-0.3, -0.25) is 9.59 Å². The SMILES string of the molecule is CCC(=O)c1ccc(NC(=O)CCCC(C)C)cc1. The highest BCUT2D eigenvalue weighted by molar-refractivity contribution is 5.97. The highest BCUT2D eigenvalue weighted by Gasteiger charge is 2.05. The molecule has 3 nitrogen and oxygen atoms in total. The summed E-state index contributed by atoms with van der Waals surface area (Å²) in [5.41, 5.74) is 1.45. The van der Waals surface area contributed by atoms with Crippen LogP contribution in [0.3, 0.4) is 0 Å². The molecule has 0 aliphatic carbocycles. The summed E-state index contributed by atoms with van der Waals surface area (Å²) in [6.45, 7) is 6.15. The van der Waals surface area contributed by atoms with E-state index in [1.165, 1.54) is 0 Å². The van der Waals surface area contributed by atoms with Crippen LogP contribution in [0, 0.1) is 5.92 Å². The van der Waals surface area contributed by atoms with Crippen LogP contribution in [0.5, 0.6) is 0 Å². The summed E-state index contributed by atoms with van der Waals surface area (Å²) in [5, 5.41) is 2.85. The number of carbonyl (C=O) groups is 2. The topological polar surface area (TPSA) is 46.2 Å². The second kappa shape index (κ2) is 7.72. The third-order valence-corrected chi connectivity index (χ3v) is 3.00. The molecule has 0 heterocycles. The van der Waals surface area contributed by atoms with Crippen molar-refractivity contribution in [2.24, 2.45) is 5.92 Å². The summed E-state index contributed by atoms with van der Waals surface area (Å²) in [6.07, 6.45) is 3.03. The monoisotopic (exact) mass is 261 g/mol. The lowest BCUT2D eigenvalue weighted by atomic mass is 10.1. The summed E-state index contributed by atoms with van der Waals surface area (Å²) < 4.78 is 0. The molecule has 0 bridgehead atoms. The molecule has 3 heteroatoms. The van der Waals surface area contributed by atoms with Crippen molar-refractivity contribution in [1.29, 1.82) is 0 Å². The Kier molecular flexibility index (Phi) is 6.26. The van der Waals surface area contributed by atoms with Gasteiger partial charge in [0.25, 0.3) is 0 Å². The van der Waals surface area contributed by atoms with E-state index in [1.54, 1.807) is 24.3 Å². The molecule has 0 saturated carbocycles. The number of benzene rings is 1. The van der Waals surface area contributed by atoms with E-state index >= 15 is 0 Å². The average molecular weight is 261 g/mol. The molecule has 0 saturated heterocycles. The average Bonchev–Trinajstić information content (AvgIpc) is 2.38. The van der Waals surface area contributed by atoms with Crippen molar-refractivity contribution in [2.75, 3.05) is 5.32 Å². The molecule has 104 valence electrons. The van der Waals surface area contributed by atoms with Crippen LogP contribution in [0.25, 0.3) is 0 Å². The molecule has 0 fully saturated rings. The molecule has 1 N–H and O–H groups in total.